The summed E-state index contributed by atoms with van der Waals surface area (Å²) < 4.78 is 13.2. The molecule has 1 amide bonds. The second kappa shape index (κ2) is 7.62. The van der Waals surface area contributed by atoms with Gasteiger partial charge in [-0.1, -0.05) is 30.3 Å². The minimum Gasteiger partial charge on any atom is -0.340 e. The molecule has 0 aliphatic carbocycles. The molecule has 1 atom stereocenters. The van der Waals surface area contributed by atoms with Gasteiger partial charge in [-0.05, 0) is 48.8 Å². The van der Waals surface area contributed by atoms with E-state index in [1.807, 2.05) is 49.5 Å². The maximum Gasteiger partial charge on any atom is 0.244 e. The maximum absolute atomic E-state index is 13.2. The van der Waals surface area contributed by atoms with Gasteiger partial charge in [-0.15, -0.1) is 0 Å². The van der Waals surface area contributed by atoms with Crippen molar-refractivity contribution < 1.29 is 9.18 Å². The highest BCUT2D eigenvalue weighted by Gasteiger charge is 2.26. The van der Waals surface area contributed by atoms with Crippen molar-refractivity contribution in [1.82, 2.24) is 14.8 Å². The van der Waals surface area contributed by atoms with Crippen LogP contribution in [0.25, 0.3) is 10.8 Å². The van der Waals surface area contributed by atoms with Gasteiger partial charge in [0.05, 0.1) is 0 Å². The molecule has 0 aliphatic rings. The zero-order valence-corrected chi connectivity index (χ0v) is 15.2. The molecule has 4 nitrogen and oxygen atoms in total. The average Bonchev–Trinajstić information content (AvgIpc) is 2.63. The van der Waals surface area contributed by atoms with Crippen LogP contribution in [0.5, 0.6) is 0 Å². The van der Waals surface area contributed by atoms with Gasteiger partial charge in [-0.3, -0.25) is 14.7 Å². The SMILES string of the molecule is CN(Cc1cccc2cnccc12)C(=O)[C@@H](c1ccc(F)cc1)N(C)C. The molecule has 134 valence electrons. The number of carbonyl (C=O) groups excluding carboxylic acids is 1. The third kappa shape index (κ3) is 3.73. The van der Waals surface area contributed by atoms with E-state index in [0.29, 0.717) is 6.54 Å². The zero-order valence-electron chi connectivity index (χ0n) is 15.2. The minimum absolute atomic E-state index is 0.0346. The van der Waals surface area contributed by atoms with Crippen LogP contribution in [-0.4, -0.2) is 41.8 Å². The number of benzene rings is 2. The number of carbonyl (C=O) groups is 1. The molecule has 1 aromatic heterocycles. The number of halogens is 1. The molecule has 0 spiro atoms. The lowest BCUT2D eigenvalue weighted by Gasteiger charge is -2.29. The summed E-state index contributed by atoms with van der Waals surface area (Å²) in [6.45, 7) is 0.492. The van der Waals surface area contributed by atoms with Gasteiger partial charge < -0.3 is 4.90 Å². The Morgan fingerprint density at radius 1 is 1.08 bits per heavy atom. The molecule has 26 heavy (non-hydrogen) atoms. The average molecular weight is 351 g/mol. The fraction of sp³-hybridized carbons (Fsp3) is 0.238. The Labute approximate surface area is 152 Å². The van der Waals surface area contributed by atoms with Gasteiger partial charge in [-0.25, -0.2) is 4.39 Å². The molecule has 3 aromatic rings. The summed E-state index contributed by atoms with van der Waals surface area (Å²) >= 11 is 0. The van der Waals surface area contributed by atoms with Crippen LogP contribution in [0.3, 0.4) is 0 Å². The highest BCUT2D eigenvalue weighted by Crippen LogP contribution is 2.24. The molecule has 0 bridgehead atoms. The van der Waals surface area contributed by atoms with Crippen molar-refractivity contribution in [3.63, 3.8) is 0 Å². The van der Waals surface area contributed by atoms with Crippen LogP contribution in [0, 0.1) is 5.82 Å². The topological polar surface area (TPSA) is 36.4 Å². The summed E-state index contributed by atoms with van der Waals surface area (Å²) in [5, 5.41) is 2.14. The normalized spacial score (nSPS) is 12.3. The first-order valence-electron chi connectivity index (χ1n) is 8.46. The first kappa shape index (κ1) is 18.0. The Bertz CT molecular complexity index is 903. The van der Waals surface area contributed by atoms with Crippen LogP contribution in [0.4, 0.5) is 4.39 Å². The predicted molar refractivity (Wildman–Crippen MR) is 101 cm³/mol. The third-order valence-electron chi connectivity index (χ3n) is 4.49. The number of likely N-dealkylation sites (N-methyl/N-ethyl adjacent to an activating group) is 2. The van der Waals surface area contributed by atoms with Gasteiger partial charge in [0.25, 0.3) is 0 Å². The van der Waals surface area contributed by atoms with Gasteiger partial charge in [0.2, 0.25) is 5.91 Å². The summed E-state index contributed by atoms with van der Waals surface area (Å²) in [5.74, 6) is -0.343. The van der Waals surface area contributed by atoms with Crippen molar-refractivity contribution in [3.8, 4) is 0 Å². The van der Waals surface area contributed by atoms with E-state index in [4.69, 9.17) is 0 Å². The smallest absolute Gasteiger partial charge is 0.244 e. The van der Waals surface area contributed by atoms with Crippen LogP contribution in [0.15, 0.2) is 60.9 Å². The van der Waals surface area contributed by atoms with Crippen molar-refractivity contribution in [1.29, 1.82) is 0 Å². The second-order valence-corrected chi connectivity index (χ2v) is 6.63. The van der Waals surface area contributed by atoms with Gasteiger partial charge >= 0.3 is 0 Å². The number of fused-ring (bicyclic) bond motifs is 1. The highest BCUT2D eigenvalue weighted by molar-refractivity contribution is 5.86. The van der Waals surface area contributed by atoms with Crippen molar-refractivity contribution >= 4 is 16.7 Å². The lowest BCUT2D eigenvalue weighted by Crippen LogP contribution is -2.38. The number of hydrogen-bond acceptors (Lipinski definition) is 3. The van der Waals surface area contributed by atoms with Crippen LogP contribution < -0.4 is 0 Å². The number of amides is 1. The number of aromatic nitrogens is 1. The van der Waals surface area contributed by atoms with E-state index in [9.17, 15) is 9.18 Å². The van der Waals surface area contributed by atoms with Crippen LogP contribution in [-0.2, 0) is 11.3 Å². The number of pyridine rings is 1. The molecule has 0 radical (unpaired) electrons. The van der Waals surface area contributed by atoms with Crippen molar-refractivity contribution in [2.75, 3.05) is 21.1 Å². The van der Waals surface area contributed by atoms with Crippen molar-refractivity contribution in [2.45, 2.75) is 12.6 Å². The fourth-order valence-electron chi connectivity index (χ4n) is 3.18. The van der Waals surface area contributed by atoms with Gasteiger partial charge in [-0.2, -0.15) is 0 Å². The first-order chi connectivity index (χ1) is 12.5. The molecule has 2 aromatic carbocycles. The number of rotatable bonds is 5. The molecule has 5 heteroatoms. The molecule has 0 unspecified atom stereocenters. The van der Waals surface area contributed by atoms with Crippen LogP contribution in [0.2, 0.25) is 0 Å². The molecule has 3 rings (SSSR count). The fourth-order valence-corrected chi connectivity index (χ4v) is 3.18. The Hall–Kier alpha value is -2.79. The number of nitrogens with zero attached hydrogens (tertiary/aromatic N) is 3. The molecule has 0 N–H and O–H groups in total. The lowest BCUT2D eigenvalue weighted by molar-refractivity contribution is -0.135. The molecule has 0 saturated carbocycles. The van der Waals surface area contributed by atoms with Crippen molar-refractivity contribution in [3.05, 3.63) is 77.9 Å². The van der Waals surface area contributed by atoms with Gasteiger partial charge in [0, 0.05) is 31.4 Å². The molecule has 0 aliphatic heterocycles. The van der Waals surface area contributed by atoms with Gasteiger partial charge in [0.1, 0.15) is 11.9 Å². The Kier molecular flexibility index (Phi) is 5.28. The first-order valence-corrected chi connectivity index (χ1v) is 8.46. The lowest BCUT2D eigenvalue weighted by atomic mass is 10.0. The largest absolute Gasteiger partial charge is 0.340 e. The van der Waals surface area contributed by atoms with E-state index < -0.39 is 6.04 Å². The van der Waals surface area contributed by atoms with E-state index in [2.05, 4.69) is 4.98 Å². The minimum atomic E-state index is -0.461. The molecule has 0 fully saturated rings. The Morgan fingerprint density at radius 3 is 2.50 bits per heavy atom. The van der Waals surface area contributed by atoms with E-state index in [1.165, 1.54) is 12.1 Å². The zero-order chi connectivity index (χ0) is 18.7. The van der Waals surface area contributed by atoms with Crippen LogP contribution >= 0.6 is 0 Å². The van der Waals surface area contributed by atoms with E-state index in [0.717, 1.165) is 21.9 Å². The van der Waals surface area contributed by atoms with Gasteiger partial charge in [0.15, 0.2) is 0 Å². The van der Waals surface area contributed by atoms with Crippen LogP contribution in [0.1, 0.15) is 17.2 Å². The van der Waals surface area contributed by atoms with E-state index >= 15 is 0 Å². The highest BCUT2D eigenvalue weighted by atomic mass is 19.1. The van der Waals surface area contributed by atoms with E-state index in [1.54, 1.807) is 30.3 Å². The molecular formula is C21H22FN3O. The molecule has 0 saturated heterocycles. The maximum atomic E-state index is 13.2. The quantitative estimate of drug-likeness (QED) is 0.704. The Morgan fingerprint density at radius 2 is 1.81 bits per heavy atom. The summed E-state index contributed by atoms with van der Waals surface area (Å²) in [6.07, 6.45) is 3.58. The van der Waals surface area contributed by atoms with E-state index in [-0.39, 0.29) is 11.7 Å². The predicted octanol–water partition coefficient (Wildman–Crippen LogP) is 3.64. The standard InChI is InChI=1S/C21H22FN3O/c1-24(2)20(15-7-9-18(22)10-8-15)21(26)25(3)14-17-6-4-5-16-13-23-12-11-19(16)17/h4-13,20H,14H2,1-3H3/t20-/m1/s1. The Balaban J connectivity index is 1.86. The molecule has 1 heterocycles. The summed E-state index contributed by atoms with van der Waals surface area (Å²) in [7, 11) is 5.50. The van der Waals surface area contributed by atoms with Crippen molar-refractivity contribution in [2.24, 2.45) is 0 Å². The summed E-state index contributed by atoms with van der Waals surface area (Å²) in [4.78, 5) is 20.8. The third-order valence-corrected chi connectivity index (χ3v) is 4.49. The monoisotopic (exact) mass is 351 g/mol. The molecular weight excluding hydrogens is 329 g/mol. The summed E-state index contributed by atoms with van der Waals surface area (Å²) in [6, 6.07) is 13.6. The summed E-state index contributed by atoms with van der Waals surface area (Å²) in [5.41, 5.74) is 1.84. The number of hydrogen-bond donors (Lipinski definition) is 0. The second-order valence-electron chi connectivity index (χ2n) is 6.63.